The molecule has 1 heterocycles. The summed E-state index contributed by atoms with van der Waals surface area (Å²) in [4.78, 5) is 9.10. The van der Waals surface area contributed by atoms with Gasteiger partial charge in [-0.15, -0.1) is 0 Å². The normalized spacial score (nSPS) is 15.7. The summed E-state index contributed by atoms with van der Waals surface area (Å²) in [5.41, 5.74) is 2.31. The molecule has 0 bridgehead atoms. The van der Waals surface area contributed by atoms with Crippen molar-refractivity contribution in [1.82, 2.24) is 9.97 Å². The van der Waals surface area contributed by atoms with Crippen LogP contribution >= 0.6 is 27.5 Å². The van der Waals surface area contributed by atoms with Crippen LogP contribution < -0.4 is 0 Å². The molecule has 4 heteroatoms. The standard InChI is InChI=1S/C16H16BrClN2/c17-13-7-3-4-11(8-13)9-16-19-14(10-15(18)20-16)12-5-1-2-6-12/h3-4,7-8,10,12H,1-2,5-6,9H2. The molecular weight excluding hydrogens is 336 g/mol. The third-order valence-electron chi connectivity index (χ3n) is 3.79. The first-order valence-electron chi connectivity index (χ1n) is 6.98. The van der Waals surface area contributed by atoms with Gasteiger partial charge in [0.05, 0.1) is 0 Å². The van der Waals surface area contributed by atoms with Gasteiger partial charge < -0.3 is 0 Å². The Balaban J connectivity index is 1.85. The summed E-state index contributed by atoms with van der Waals surface area (Å²) < 4.78 is 1.08. The Morgan fingerprint density at radius 3 is 2.70 bits per heavy atom. The average molecular weight is 352 g/mol. The van der Waals surface area contributed by atoms with E-state index in [-0.39, 0.29) is 0 Å². The zero-order valence-corrected chi connectivity index (χ0v) is 13.5. The molecule has 1 aliphatic rings. The van der Waals surface area contributed by atoms with Crippen LogP contribution in [0.15, 0.2) is 34.8 Å². The van der Waals surface area contributed by atoms with Gasteiger partial charge in [-0.3, -0.25) is 0 Å². The van der Waals surface area contributed by atoms with Crippen molar-refractivity contribution in [2.75, 3.05) is 0 Å². The van der Waals surface area contributed by atoms with Crippen LogP contribution in [0.1, 0.15) is 48.7 Å². The van der Waals surface area contributed by atoms with Crippen LogP contribution in [0.3, 0.4) is 0 Å². The second kappa shape index (κ2) is 6.23. The van der Waals surface area contributed by atoms with Gasteiger partial charge in [-0.1, -0.05) is 52.5 Å². The number of hydrogen-bond donors (Lipinski definition) is 0. The minimum atomic E-state index is 0.562. The van der Waals surface area contributed by atoms with E-state index < -0.39 is 0 Å². The van der Waals surface area contributed by atoms with E-state index >= 15 is 0 Å². The van der Waals surface area contributed by atoms with Gasteiger partial charge in [-0.25, -0.2) is 9.97 Å². The predicted molar refractivity (Wildman–Crippen MR) is 85.2 cm³/mol. The molecule has 1 fully saturated rings. The largest absolute Gasteiger partial charge is 0.237 e. The van der Waals surface area contributed by atoms with E-state index in [1.165, 1.54) is 31.2 Å². The molecule has 1 aromatic heterocycles. The zero-order valence-electron chi connectivity index (χ0n) is 11.1. The first-order valence-corrected chi connectivity index (χ1v) is 8.15. The quantitative estimate of drug-likeness (QED) is 0.715. The van der Waals surface area contributed by atoms with Crippen LogP contribution in [0, 0.1) is 0 Å². The fourth-order valence-corrected chi connectivity index (χ4v) is 3.48. The molecule has 1 saturated carbocycles. The van der Waals surface area contributed by atoms with E-state index in [2.05, 4.69) is 33.0 Å². The molecule has 1 aliphatic carbocycles. The lowest BCUT2D eigenvalue weighted by atomic mass is 10.0. The van der Waals surface area contributed by atoms with E-state index in [1.807, 2.05) is 18.2 Å². The van der Waals surface area contributed by atoms with Crippen LogP contribution in [0.2, 0.25) is 5.15 Å². The first kappa shape index (κ1) is 14.0. The maximum Gasteiger partial charge on any atom is 0.134 e. The molecular formula is C16H16BrClN2. The number of halogens is 2. The zero-order chi connectivity index (χ0) is 13.9. The molecule has 0 spiro atoms. The number of nitrogens with zero attached hydrogens (tertiary/aromatic N) is 2. The third kappa shape index (κ3) is 3.39. The molecule has 1 aromatic carbocycles. The predicted octanol–water partition coefficient (Wildman–Crippen LogP) is 5.14. The van der Waals surface area contributed by atoms with Gasteiger partial charge in [0.25, 0.3) is 0 Å². The van der Waals surface area contributed by atoms with Gasteiger partial charge in [-0.2, -0.15) is 0 Å². The Labute approximate surface area is 132 Å². The van der Waals surface area contributed by atoms with Gasteiger partial charge in [-0.05, 0) is 36.6 Å². The molecule has 104 valence electrons. The molecule has 2 aromatic rings. The van der Waals surface area contributed by atoms with Crippen LogP contribution in [0.4, 0.5) is 0 Å². The van der Waals surface area contributed by atoms with Gasteiger partial charge >= 0.3 is 0 Å². The van der Waals surface area contributed by atoms with Crippen molar-refractivity contribution in [2.24, 2.45) is 0 Å². The van der Waals surface area contributed by atoms with E-state index in [4.69, 9.17) is 16.6 Å². The Morgan fingerprint density at radius 1 is 1.15 bits per heavy atom. The number of benzene rings is 1. The van der Waals surface area contributed by atoms with Crippen LogP contribution in [-0.4, -0.2) is 9.97 Å². The van der Waals surface area contributed by atoms with Crippen LogP contribution in [0.5, 0.6) is 0 Å². The van der Waals surface area contributed by atoms with Gasteiger partial charge in [0, 0.05) is 22.5 Å². The molecule has 20 heavy (non-hydrogen) atoms. The van der Waals surface area contributed by atoms with Gasteiger partial charge in [0.2, 0.25) is 0 Å². The topological polar surface area (TPSA) is 25.8 Å². The average Bonchev–Trinajstić information content (AvgIpc) is 2.91. The molecule has 0 unspecified atom stereocenters. The summed E-state index contributed by atoms with van der Waals surface area (Å²) in [5.74, 6) is 1.38. The van der Waals surface area contributed by atoms with Crippen molar-refractivity contribution in [1.29, 1.82) is 0 Å². The van der Waals surface area contributed by atoms with E-state index in [0.29, 0.717) is 11.1 Å². The van der Waals surface area contributed by atoms with Crippen molar-refractivity contribution < 1.29 is 0 Å². The summed E-state index contributed by atoms with van der Waals surface area (Å²) in [6, 6.07) is 10.2. The molecule has 0 atom stereocenters. The Hall–Kier alpha value is -0.930. The monoisotopic (exact) mass is 350 g/mol. The fraction of sp³-hybridized carbons (Fsp3) is 0.375. The Bertz CT molecular complexity index is 609. The summed E-state index contributed by atoms with van der Waals surface area (Å²) in [6.07, 6.45) is 5.77. The first-order chi connectivity index (χ1) is 9.70. The molecule has 2 nitrogen and oxygen atoms in total. The second-order valence-corrected chi connectivity index (χ2v) is 6.62. The van der Waals surface area contributed by atoms with Crippen molar-refractivity contribution in [3.63, 3.8) is 0 Å². The van der Waals surface area contributed by atoms with Crippen LogP contribution in [-0.2, 0) is 6.42 Å². The van der Waals surface area contributed by atoms with Crippen molar-refractivity contribution in [3.05, 3.63) is 57.0 Å². The fourth-order valence-electron chi connectivity index (χ4n) is 2.82. The summed E-state index contributed by atoms with van der Waals surface area (Å²) in [6.45, 7) is 0. The van der Waals surface area contributed by atoms with E-state index in [9.17, 15) is 0 Å². The van der Waals surface area contributed by atoms with Crippen LogP contribution in [0.25, 0.3) is 0 Å². The number of hydrogen-bond acceptors (Lipinski definition) is 2. The minimum Gasteiger partial charge on any atom is -0.237 e. The lowest BCUT2D eigenvalue weighted by Crippen LogP contribution is -2.04. The second-order valence-electron chi connectivity index (χ2n) is 5.32. The smallest absolute Gasteiger partial charge is 0.134 e. The third-order valence-corrected chi connectivity index (χ3v) is 4.47. The number of aromatic nitrogens is 2. The van der Waals surface area contributed by atoms with Crippen molar-refractivity contribution in [2.45, 2.75) is 38.0 Å². The SMILES string of the molecule is Clc1cc(C2CCCC2)nc(Cc2cccc(Br)c2)n1. The maximum atomic E-state index is 6.17. The minimum absolute atomic E-state index is 0.562. The van der Waals surface area contributed by atoms with E-state index in [1.54, 1.807) is 0 Å². The number of rotatable bonds is 3. The van der Waals surface area contributed by atoms with Gasteiger partial charge in [0.15, 0.2) is 0 Å². The molecule has 0 N–H and O–H groups in total. The Kier molecular flexibility index (Phi) is 4.37. The highest BCUT2D eigenvalue weighted by molar-refractivity contribution is 9.10. The molecule has 0 aliphatic heterocycles. The molecule has 3 rings (SSSR count). The van der Waals surface area contributed by atoms with Crippen molar-refractivity contribution >= 4 is 27.5 Å². The highest BCUT2D eigenvalue weighted by atomic mass is 79.9. The summed E-state index contributed by atoms with van der Waals surface area (Å²) in [7, 11) is 0. The highest BCUT2D eigenvalue weighted by Crippen LogP contribution is 2.33. The summed E-state index contributed by atoms with van der Waals surface area (Å²) in [5, 5.41) is 0.562. The molecule has 0 radical (unpaired) electrons. The summed E-state index contributed by atoms with van der Waals surface area (Å²) >= 11 is 9.66. The maximum absolute atomic E-state index is 6.17. The van der Waals surface area contributed by atoms with Gasteiger partial charge in [0.1, 0.15) is 11.0 Å². The molecule has 0 amide bonds. The lowest BCUT2D eigenvalue weighted by Gasteiger charge is -2.10. The van der Waals surface area contributed by atoms with E-state index in [0.717, 1.165) is 22.4 Å². The lowest BCUT2D eigenvalue weighted by molar-refractivity contribution is 0.686. The van der Waals surface area contributed by atoms with Crippen molar-refractivity contribution in [3.8, 4) is 0 Å². The Morgan fingerprint density at radius 2 is 1.95 bits per heavy atom. The highest BCUT2D eigenvalue weighted by Gasteiger charge is 2.19. The molecule has 0 saturated heterocycles.